The average molecular weight is 220 g/mol. The second-order valence-electron chi connectivity index (χ2n) is 4.63. The number of nitrogens with zero attached hydrogens (tertiary/aromatic N) is 1. The fourth-order valence-corrected chi connectivity index (χ4v) is 2.22. The van der Waals surface area contributed by atoms with Gasteiger partial charge in [0.25, 0.3) is 0 Å². The summed E-state index contributed by atoms with van der Waals surface area (Å²) in [6.07, 6.45) is 3.62. The normalized spacial score (nSPS) is 22.7. The van der Waals surface area contributed by atoms with Gasteiger partial charge in [-0.25, -0.2) is 0 Å². The van der Waals surface area contributed by atoms with Gasteiger partial charge in [-0.2, -0.15) is 0 Å². The maximum atomic E-state index is 9.39. The first kappa shape index (κ1) is 11.3. The lowest BCUT2D eigenvalue weighted by Gasteiger charge is -2.18. The van der Waals surface area contributed by atoms with Crippen LogP contribution in [0.4, 0.5) is 5.69 Å². The van der Waals surface area contributed by atoms with Gasteiger partial charge >= 0.3 is 0 Å². The van der Waals surface area contributed by atoms with Crippen molar-refractivity contribution in [2.24, 2.45) is 0 Å². The average Bonchev–Trinajstić information content (AvgIpc) is 2.44. The first-order valence-electron chi connectivity index (χ1n) is 5.98. The molecule has 88 valence electrons. The van der Waals surface area contributed by atoms with Crippen molar-refractivity contribution in [2.75, 3.05) is 25.5 Å². The van der Waals surface area contributed by atoms with Crippen LogP contribution in [-0.2, 0) is 0 Å². The van der Waals surface area contributed by atoms with Crippen LogP contribution in [0.15, 0.2) is 24.3 Å². The highest BCUT2D eigenvalue weighted by molar-refractivity contribution is 5.48. The van der Waals surface area contributed by atoms with E-state index in [9.17, 15) is 5.11 Å². The van der Waals surface area contributed by atoms with Gasteiger partial charge in [0.15, 0.2) is 0 Å². The van der Waals surface area contributed by atoms with E-state index in [2.05, 4.69) is 17.3 Å². The molecule has 1 aromatic rings. The Morgan fingerprint density at radius 2 is 2.19 bits per heavy atom. The van der Waals surface area contributed by atoms with Crippen LogP contribution in [0.3, 0.4) is 0 Å². The number of aromatic hydroxyl groups is 1. The Hall–Kier alpha value is -1.22. The number of likely N-dealkylation sites (tertiary alicyclic amines) is 1. The van der Waals surface area contributed by atoms with E-state index in [4.69, 9.17) is 0 Å². The third kappa shape index (κ3) is 3.14. The van der Waals surface area contributed by atoms with Crippen LogP contribution in [0.2, 0.25) is 0 Å². The van der Waals surface area contributed by atoms with Gasteiger partial charge in [-0.15, -0.1) is 0 Å². The van der Waals surface area contributed by atoms with Gasteiger partial charge in [-0.3, -0.25) is 0 Å². The first-order chi connectivity index (χ1) is 7.74. The van der Waals surface area contributed by atoms with Gasteiger partial charge in [0.05, 0.1) is 0 Å². The molecule has 1 aromatic carbocycles. The van der Waals surface area contributed by atoms with Crippen LogP contribution < -0.4 is 5.32 Å². The van der Waals surface area contributed by atoms with E-state index in [1.165, 1.54) is 25.8 Å². The molecule has 1 saturated heterocycles. The fourth-order valence-electron chi connectivity index (χ4n) is 2.22. The van der Waals surface area contributed by atoms with Crippen LogP contribution in [0.1, 0.15) is 19.3 Å². The number of phenols is 1. The molecule has 2 rings (SSSR count). The zero-order chi connectivity index (χ0) is 11.4. The standard InChI is InChI=1S/C13H20N2O/c1-15-8-3-5-11(7-9-15)14-12-4-2-6-13(16)10-12/h2,4,6,10-11,14,16H,3,5,7-9H2,1H3. The van der Waals surface area contributed by atoms with Crippen LogP contribution in [0, 0.1) is 0 Å². The second kappa shape index (κ2) is 5.21. The minimum Gasteiger partial charge on any atom is -0.508 e. The highest BCUT2D eigenvalue weighted by Crippen LogP contribution is 2.19. The number of hydrogen-bond acceptors (Lipinski definition) is 3. The Morgan fingerprint density at radius 1 is 1.31 bits per heavy atom. The van der Waals surface area contributed by atoms with Gasteiger partial charge in [-0.05, 0) is 51.5 Å². The Kier molecular flexibility index (Phi) is 3.67. The van der Waals surface area contributed by atoms with E-state index >= 15 is 0 Å². The number of phenolic OH excluding ortho intramolecular Hbond substituents is 1. The van der Waals surface area contributed by atoms with Gasteiger partial charge < -0.3 is 15.3 Å². The molecule has 0 bridgehead atoms. The van der Waals surface area contributed by atoms with Crippen LogP contribution in [0.25, 0.3) is 0 Å². The smallest absolute Gasteiger partial charge is 0.117 e. The largest absolute Gasteiger partial charge is 0.508 e. The molecule has 1 fully saturated rings. The molecule has 1 atom stereocenters. The SMILES string of the molecule is CN1CCCC(Nc2cccc(O)c2)CC1. The highest BCUT2D eigenvalue weighted by atomic mass is 16.3. The molecule has 0 amide bonds. The number of hydrogen-bond donors (Lipinski definition) is 2. The molecule has 3 nitrogen and oxygen atoms in total. The number of benzene rings is 1. The molecule has 1 aliphatic rings. The molecule has 0 aliphatic carbocycles. The van der Waals surface area contributed by atoms with E-state index in [1.807, 2.05) is 12.1 Å². The summed E-state index contributed by atoms with van der Waals surface area (Å²) in [6, 6.07) is 7.90. The molecular formula is C13H20N2O. The van der Waals surface area contributed by atoms with Gasteiger partial charge in [-0.1, -0.05) is 6.07 Å². The van der Waals surface area contributed by atoms with Crippen molar-refractivity contribution in [3.05, 3.63) is 24.3 Å². The number of rotatable bonds is 2. The van der Waals surface area contributed by atoms with Crippen molar-refractivity contribution in [1.29, 1.82) is 0 Å². The predicted octanol–water partition coefficient (Wildman–Crippen LogP) is 2.29. The molecule has 1 heterocycles. The maximum absolute atomic E-state index is 9.39. The third-order valence-corrected chi connectivity index (χ3v) is 3.17. The van der Waals surface area contributed by atoms with E-state index in [1.54, 1.807) is 12.1 Å². The van der Waals surface area contributed by atoms with E-state index in [-0.39, 0.29) is 0 Å². The summed E-state index contributed by atoms with van der Waals surface area (Å²) in [5, 5.41) is 12.9. The molecule has 0 saturated carbocycles. The quantitative estimate of drug-likeness (QED) is 0.802. The Morgan fingerprint density at radius 3 is 3.00 bits per heavy atom. The maximum Gasteiger partial charge on any atom is 0.117 e. The van der Waals surface area contributed by atoms with Crippen molar-refractivity contribution in [1.82, 2.24) is 4.90 Å². The summed E-state index contributed by atoms with van der Waals surface area (Å²) in [7, 11) is 2.18. The predicted molar refractivity (Wildman–Crippen MR) is 66.9 cm³/mol. The van der Waals surface area contributed by atoms with Gasteiger partial charge in [0.1, 0.15) is 5.75 Å². The van der Waals surface area contributed by atoms with Crippen molar-refractivity contribution in [3.63, 3.8) is 0 Å². The lowest BCUT2D eigenvalue weighted by atomic mass is 10.1. The summed E-state index contributed by atoms with van der Waals surface area (Å²) in [5.74, 6) is 0.329. The molecule has 1 unspecified atom stereocenters. The fraction of sp³-hybridized carbons (Fsp3) is 0.538. The molecular weight excluding hydrogens is 200 g/mol. The second-order valence-corrected chi connectivity index (χ2v) is 4.63. The van der Waals surface area contributed by atoms with Gasteiger partial charge in [0.2, 0.25) is 0 Å². The zero-order valence-electron chi connectivity index (χ0n) is 9.82. The summed E-state index contributed by atoms with van der Waals surface area (Å²) < 4.78 is 0. The number of anilines is 1. The van der Waals surface area contributed by atoms with Gasteiger partial charge in [0, 0.05) is 17.8 Å². The third-order valence-electron chi connectivity index (χ3n) is 3.17. The lowest BCUT2D eigenvalue weighted by Crippen LogP contribution is -2.22. The van der Waals surface area contributed by atoms with Crippen molar-refractivity contribution >= 4 is 5.69 Å². The van der Waals surface area contributed by atoms with E-state index < -0.39 is 0 Å². The Bertz CT molecular complexity index is 340. The summed E-state index contributed by atoms with van der Waals surface area (Å²) in [4.78, 5) is 2.38. The van der Waals surface area contributed by atoms with Crippen LogP contribution >= 0.6 is 0 Å². The molecule has 1 aliphatic heterocycles. The minimum atomic E-state index is 0.329. The summed E-state index contributed by atoms with van der Waals surface area (Å²) in [6.45, 7) is 2.34. The zero-order valence-corrected chi connectivity index (χ0v) is 9.82. The molecule has 16 heavy (non-hydrogen) atoms. The van der Waals surface area contributed by atoms with Crippen molar-refractivity contribution in [2.45, 2.75) is 25.3 Å². The highest BCUT2D eigenvalue weighted by Gasteiger charge is 2.14. The van der Waals surface area contributed by atoms with Crippen LogP contribution in [0.5, 0.6) is 5.75 Å². The Labute approximate surface area is 97.1 Å². The summed E-state index contributed by atoms with van der Waals surface area (Å²) >= 11 is 0. The topological polar surface area (TPSA) is 35.5 Å². The molecule has 0 spiro atoms. The van der Waals surface area contributed by atoms with Crippen molar-refractivity contribution in [3.8, 4) is 5.75 Å². The molecule has 3 heteroatoms. The molecule has 0 radical (unpaired) electrons. The first-order valence-corrected chi connectivity index (χ1v) is 5.98. The molecule has 0 aromatic heterocycles. The monoisotopic (exact) mass is 220 g/mol. The van der Waals surface area contributed by atoms with E-state index in [0.29, 0.717) is 11.8 Å². The Balaban J connectivity index is 1.93. The minimum absolute atomic E-state index is 0.329. The number of nitrogens with one attached hydrogen (secondary N) is 1. The summed E-state index contributed by atoms with van der Waals surface area (Å²) in [5.41, 5.74) is 1.02. The van der Waals surface area contributed by atoms with E-state index in [0.717, 1.165) is 12.2 Å². The van der Waals surface area contributed by atoms with Crippen LogP contribution in [-0.4, -0.2) is 36.2 Å². The molecule has 2 N–H and O–H groups in total. The lowest BCUT2D eigenvalue weighted by molar-refractivity contribution is 0.348. The van der Waals surface area contributed by atoms with Crippen molar-refractivity contribution < 1.29 is 5.11 Å².